The third kappa shape index (κ3) is 3.14. The van der Waals surface area contributed by atoms with Crippen LogP contribution in [0.25, 0.3) is 0 Å². The molecule has 0 spiro atoms. The fraction of sp³-hybridized carbons (Fsp3) is 0.692. The lowest BCUT2D eigenvalue weighted by Crippen LogP contribution is -2.35. The maximum absolute atomic E-state index is 11.2. The highest BCUT2D eigenvalue weighted by Crippen LogP contribution is 2.22. The Labute approximate surface area is 123 Å². The van der Waals surface area contributed by atoms with Crippen LogP contribution >= 0.6 is 0 Å². The molecule has 2 saturated heterocycles. The third-order valence-electron chi connectivity index (χ3n) is 3.08. The Bertz CT molecular complexity index is 497. The second-order valence-corrected chi connectivity index (χ2v) is 5.67. The van der Waals surface area contributed by atoms with Crippen LogP contribution in [0.3, 0.4) is 0 Å². The summed E-state index contributed by atoms with van der Waals surface area (Å²) in [5.74, 6) is -0.553. The lowest BCUT2D eigenvalue weighted by molar-refractivity contribution is -0.134. The maximum Gasteiger partial charge on any atom is 0.417 e. The van der Waals surface area contributed by atoms with Gasteiger partial charge in [-0.25, -0.2) is 19.4 Å². The predicted octanol–water partition coefficient (Wildman–Crippen LogP) is 1.14. The number of amides is 4. The van der Waals surface area contributed by atoms with E-state index < -0.39 is 23.4 Å². The minimum Gasteiger partial charge on any atom is -0.433 e. The molecule has 8 nitrogen and oxygen atoms in total. The van der Waals surface area contributed by atoms with Crippen LogP contribution in [0.5, 0.6) is 0 Å². The van der Waals surface area contributed by atoms with Crippen molar-refractivity contribution in [2.24, 2.45) is 0 Å². The van der Waals surface area contributed by atoms with E-state index in [-0.39, 0.29) is 11.8 Å². The van der Waals surface area contributed by atoms with Gasteiger partial charge < -0.3 is 9.47 Å². The van der Waals surface area contributed by atoms with Crippen LogP contribution in [0, 0.1) is 0 Å². The molecule has 8 heteroatoms. The van der Waals surface area contributed by atoms with Gasteiger partial charge in [0.1, 0.15) is 0 Å². The minimum absolute atomic E-state index is 0.259. The fourth-order valence-corrected chi connectivity index (χ4v) is 1.81. The molecule has 0 unspecified atom stereocenters. The molecule has 4 amide bonds. The zero-order chi connectivity index (χ0) is 16.6. The second kappa shape index (κ2) is 5.34. The van der Waals surface area contributed by atoms with Crippen molar-refractivity contribution < 1.29 is 28.7 Å². The van der Waals surface area contributed by atoms with Crippen molar-refractivity contribution in [1.29, 1.82) is 0 Å². The van der Waals surface area contributed by atoms with E-state index in [1.807, 2.05) is 0 Å². The molecule has 118 valence electrons. The maximum atomic E-state index is 11.2. The van der Waals surface area contributed by atoms with Crippen molar-refractivity contribution in [3.8, 4) is 0 Å². The van der Waals surface area contributed by atoms with Crippen molar-refractivity contribution in [1.82, 2.24) is 9.80 Å². The van der Waals surface area contributed by atoms with E-state index in [0.717, 1.165) is 9.80 Å². The van der Waals surface area contributed by atoms with Gasteiger partial charge in [-0.2, -0.15) is 0 Å². The molecule has 2 heterocycles. The molecule has 0 aromatic heterocycles. The Morgan fingerprint density at radius 2 is 1.29 bits per heavy atom. The van der Waals surface area contributed by atoms with Crippen LogP contribution < -0.4 is 0 Å². The van der Waals surface area contributed by atoms with Crippen LogP contribution in [-0.4, -0.2) is 58.6 Å². The average Bonchev–Trinajstić information content (AvgIpc) is 2.65. The van der Waals surface area contributed by atoms with E-state index >= 15 is 0 Å². The summed E-state index contributed by atoms with van der Waals surface area (Å²) < 4.78 is 9.51. The molecule has 21 heavy (non-hydrogen) atoms. The molecular weight excluding hydrogens is 280 g/mol. The molecule has 2 fully saturated rings. The number of hydrogen-bond donors (Lipinski definition) is 0. The van der Waals surface area contributed by atoms with E-state index in [0.29, 0.717) is 6.54 Å². The van der Waals surface area contributed by atoms with E-state index in [1.165, 1.54) is 7.05 Å². The Morgan fingerprint density at radius 1 is 0.857 bits per heavy atom. The highest BCUT2D eigenvalue weighted by Gasteiger charge is 2.46. The zero-order valence-corrected chi connectivity index (χ0v) is 13.1. The molecule has 0 aliphatic carbocycles. The number of likely N-dealkylation sites (N-methyl/N-ethyl adjacent to an activating group) is 2. The minimum atomic E-state index is -0.966. The summed E-state index contributed by atoms with van der Waals surface area (Å²) in [7, 11) is 1.40. The number of hydrogen-bond acceptors (Lipinski definition) is 6. The highest BCUT2D eigenvalue weighted by molar-refractivity contribution is 6.02. The first kappa shape index (κ1) is 16.9. The van der Waals surface area contributed by atoms with Crippen LogP contribution in [-0.2, 0) is 19.1 Å². The molecule has 0 saturated carbocycles. The van der Waals surface area contributed by atoms with Crippen molar-refractivity contribution in [2.75, 3.05) is 13.6 Å². The first-order valence-electron chi connectivity index (χ1n) is 6.50. The third-order valence-corrected chi connectivity index (χ3v) is 3.08. The van der Waals surface area contributed by atoms with E-state index in [4.69, 9.17) is 9.47 Å². The van der Waals surface area contributed by atoms with Gasteiger partial charge >= 0.3 is 12.2 Å². The van der Waals surface area contributed by atoms with Crippen molar-refractivity contribution in [3.63, 3.8) is 0 Å². The number of nitrogens with zero attached hydrogens (tertiary/aromatic N) is 2. The van der Waals surface area contributed by atoms with E-state index in [1.54, 1.807) is 34.6 Å². The van der Waals surface area contributed by atoms with Gasteiger partial charge in [-0.3, -0.25) is 9.59 Å². The summed E-state index contributed by atoms with van der Waals surface area (Å²) in [5.41, 5.74) is -1.93. The average molecular weight is 300 g/mol. The van der Waals surface area contributed by atoms with Gasteiger partial charge in [0.15, 0.2) is 11.2 Å². The molecule has 0 N–H and O–H groups in total. The number of cyclic esters (lactones) is 2. The standard InChI is InChI=1S/C7H11NO3.C6H9NO3/c1-4-8-5(9)7(2,3)11-6(8)10;1-6(2)4(8)7(3)5(9)10-6/h4H2,1-3H3;1-3H3. The summed E-state index contributed by atoms with van der Waals surface area (Å²) in [6.07, 6.45) is -1.11. The van der Waals surface area contributed by atoms with Gasteiger partial charge in [0.05, 0.1) is 0 Å². The van der Waals surface area contributed by atoms with Gasteiger partial charge in [0.25, 0.3) is 11.8 Å². The Hall–Kier alpha value is -2.12. The SMILES string of the molecule is CCN1C(=O)OC(C)(C)C1=O.CN1C(=O)OC(C)(C)C1=O. The monoisotopic (exact) mass is 300 g/mol. The number of imide groups is 2. The van der Waals surface area contributed by atoms with Gasteiger partial charge in [0.2, 0.25) is 0 Å². The lowest BCUT2D eigenvalue weighted by atomic mass is 10.1. The van der Waals surface area contributed by atoms with Crippen LogP contribution in [0.1, 0.15) is 34.6 Å². The molecule has 0 aromatic carbocycles. The molecule has 0 bridgehead atoms. The second-order valence-electron chi connectivity index (χ2n) is 5.67. The summed E-state index contributed by atoms with van der Waals surface area (Å²) in [6, 6.07) is 0. The van der Waals surface area contributed by atoms with Gasteiger partial charge in [0, 0.05) is 13.6 Å². The molecule has 2 aliphatic heterocycles. The zero-order valence-electron chi connectivity index (χ0n) is 13.1. The van der Waals surface area contributed by atoms with Crippen LogP contribution in [0.4, 0.5) is 9.59 Å². The number of ether oxygens (including phenoxy) is 2. The van der Waals surface area contributed by atoms with Crippen molar-refractivity contribution in [3.05, 3.63) is 0 Å². The first-order valence-corrected chi connectivity index (χ1v) is 6.50. The summed E-state index contributed by atoms with van der Waals surface area (Å²) >= 11 is 0. The fourth-order valence-electron chi connectivity index (χ4n) is 1.81. The smallest absolute Gasteiger partial charge is 0.417 e. The molecular formula is C13H20N2O6. The van der Waals surface area contributed by atoms with Gasteiger partial charge in [-0.15, -0.1) is 0 Å². The van der Waals surface area contributed by atoms with Crippen molar-refractivity contribution in [2.45, 2.75) is 45.8 Å². The van der Waals surface area contributed by atoms with E-state index in [9.17, 15) is 19.2 Å². The van der Waals surface area contributed by atoms with Gasteiger partial charge in [-0.05, 0) is 34.6 Å². The Kier molecular flexibility index (Phi) is 4.31. The molecule has 2 rings (SSSR count). The van der Waals surface area contributed by atoms with Gasteiger partial charge in [-0.1, -0.05) is 0 Å². The van der Waals surface area contributed by atoms with E-state index in [2.05, 4.69) is 0 Å². The van der Waals surface area contributed by atoms with Crippen molar-refractivity contribution >= 4 is 24.0 Å². The number of carbonyl (C=O) groups excluding carboxylic acids is 4. The largest absolute Gasteiger partial charge is 0.433 e. The molecule has 0 aromatic rings. The molecule has 0 radical (unpaired) electrons. The normalized spacial score (nSPS) is 22.8. The van der Waals surface area contributed by atoms with Crippen LogP contribution in [0.2, 0.25) is 0 Å². The molecule has 2 aliphatic rings. The number of rotatable bonds is 1. The quantitative estimate of drug-likeness (QED) is 0.721. The predicted molar refractivity (Wildman–Crippen MR) is 71.3 cm³/mol. The Morgan fingerprint density at radius 3 is 1.43 bits per heavy atom. The summed E-state index contributed by atoms with van der Waals surface area (Å²) in [6.45, 7) is 8.42. The topological polar surface area (TPSA) is 93.2 Å². The first-order chi connectivity index (χ1) is 9.44. The summed E-state index contributed by atoms with van der Waals surface area (Å²) in [4.78, 5) is 45.9. The lowest BCUT2D eigenvalue weighted by Gasteiger charge is -2.11. The Balaban J connectivity index is 0.000000211. The molecule has 0 atom stereocenters. The highest BCUT2D eigenvalue weighted by atomic mass is 16.6. The van der Waals surface area contributed by atoms with Crippen LogP contribution in [0.15, 0.2) is 0 Å². The summed E-state index contributed by atoms with van der Waals surface area (Å²) in [5, 5.41) is 0. The number of carbonyl (C=O) groups is 4.